The van der Waals surface area contributed by atoms with E-state index in [1.807, 2.05) is 38.1 Å². The predicted octanol–water partition coefficient (Wildman–Crippen LogP) is 6.36. The first-order valence-corrected chi connectivity index (χ1v) is 20.2. The number of nitrogens with one attached hydrogen (secondary N) is 2. The Bertz CT molecular complexity index is 2540. The van der Waals surface area contributed by atoms with Crippen molar-refractivity contribution in [3.8, 4) is 34.5 Å². The predicted molar refractivity (Wildman–Crippen MR) is 232 cm³/mol. The van der Waals surface area contributed by atoms with Gasteiger partial charge in [-0.3, -0.25) is 9.59 Å². The standard InChI is InChI=1S/C46H49F3N6O8/c1-32-45(33(2)63-53-32)35-11-16-44(57)54(29-35)28-34-6-3-8-39(26-34)62-30-43(56)52-18-19-58-20-21-59-22-23-60-24-25-61-38-14-12-36(13-15-38)51-17-5-7-37-27-40-41(50)9-4-10-42(40)55(37)31-46(47,48)49/h3-4,6,8-16,26-27,29,51H,17-25,28,30-31,50H2,1-2H3,(H,52,56). The molecule has 0 fully saturated rings. The van der Waals surface area contributed by atoms with E-state index in [4.69, 9.17) is 33.9 Å². The summed E-state index contributed by atoms with van der Waals surface area (Å²) >= 11 is 0. The number of hydrogen-bond donors (Lipinski definition) is 3. The molecule has 6 rings (SSSR count). The third-order valence-corrected chi connectivity index (χ3v) is 9.50. The Balaban J connectivity index is 0.770. The Morgan fingerprint density at radius 1 is 0.857 bits per heavy atom. The molecule has 0 aliphatic rings. The number of aryl methyl sites for hydroxylation is 2. The summed E-state index contributed by atoms with van der Waals surface area (Å²) in [5.41, 5.74) is 10.9. The number of anilines is 2. The molecule has 0 aliphatic heterocycles. The zero-order valence-electron chi connectivity index (χ0n) is 35.0. The van der Waals surface area contributed by atoms with Crippen LogP contribution in [0.3, 0.4) is 0 Å². The first-order chi connectivity index (χ1) is 30.4. The van der Waals surface area contributed by atoms with Crippen molar-refractivity contribution in [3.05, 3.63) is 124 Å². The van der Waals surface area contributed by atoms with Gasteiger partial charge in [0.2, 0.25) is 0 Å². The van der Waals surface area contributed by atoms with Crippen LogP contribution in [0, 0.1) is 25.7 Å². The molecule has 0 atom stereocenters. The molecule has 332 valence electrons. The van der Waals surface area contributed by atoms with E-state index in [1.54, 1.807) is 65.4 Å². The van der Waals surface area contributed by atoms with Gasteiger partial charge in [-0.1, -0.05) is 29.3 Å². The molecule has 3 heterocycles. The number of rotatable bonds is 22. The van der Waals surface area contributed by atoms with Gasteiger partial charge < -0.3 is 53.7 Å². The lowest BCUT2D eigenvalue weighted by molar-refractivity contribution is -0.140. The molecular weight excluding hydrogens is 822 g/mol. The second-order valence-electron chi connectivity index (χ2n) is 14.2. The Labute approximate surface area is 362 Å². The van der Waals surface area contributed by atoms with Gasteiger partial charge in [0.15, 0.2) is 6.61 Å². The van der Waals surface area contributed by atoms with E-state index in [-0.39, 0.29) is 30.3 Å². The summed E-state index contributed by atoms with van der Waals surface area (Å²) in [5, 5.41) is 10.4. The number of nitrogens with two attached hydrogens (primary N) is 1. The van der Waals surface area contributed by atoms with Crippen molar-refractivity contribution in [2.24, 2.45) is 0 Å². The number of amides is 1. The minimum Gasteiger partial charge on any atom is -0.491 e. The summed E-state index contributed by atoms with van der Waals surface area (Å²) in [4.78, 5) is 24.9. The molecule has 17 heteroatoms. The van der Waals surface area contributed by atoms with Crippen LogP contribution in [-0.4, -0.2) is 92.3 Å². The molecule has 14 nitrogen and oxygen atoms in total. The van der Waals surface area contributed by atoms with Gasteiger partial charge in [-0.2, -0.15) is 13.2 Å². The fraction of sp³-hybridized carbons (Fsp3) is 0.326. The maximum absolute atomic E-state index is 13.3. The lowest BCUT2D eigenvalue weighted by atomic mass is 10.1. The van der Waals surface area contributed by atoms with Crippen LogP contribution in [0.25, 0.3) is 22.0 Å². The van der Waals surface area contributed by atoms with Crippen molar-refractivity contribution in [3.63, 3.8) is 0 Å². The number of ether oxygens (including phenoxy) is 5. The molecule has 3 aromatic heterocycles. The molecule has 0 aliphatic carbocycles. The Morgan fingerprint density at radius 3 is 2.32 bits per heavy atom. The SMILES string of the molecule is Cc1noc(C)c1-c1ccc(=O)n(Cc2cccc(OCC(=O)NCCOCCOCCOCCOc3ccc(NCC#Cc4cc5c(N)cccc5n4CC(F)(F)F)cc3)c2)c1. The lowest BCUT2D eigenvalue weighted by Crippen LogP contribution is -2.32. The van der Waals surface area contributed by atoms with Gasteiger partial charge in [0.25, 0.3) is 11.5 Å². The van der Waals surface area contributed by atoms with Crippen molar-refractivity contribution in [2.45, 2.75) is 33.1 Å². The van der Waals surface area contributed by atoms with Crippen molar-refractivity contribution in [2.75, 3.05) is 77.0 Å². The Kier molecular flexibility index (Phi) is 16.3. The second kappa shape index (κ2) is 22.4. The fourth-order valence-corrected chi connectivity index (χ4v) is 6.56. The van der Waals surface area contributed by atoms with E-state index in [1.165, 1.54) is 6.07 Å². The van der Waals surface area contributed by atoms with E-state index >= 15 is 0 Å². The average Bonchev–Trinajstić information content (AvgIpc) is 3.78. The first kappa shape index (κ1) is 45.8. The number of nitrogen functional groups attached to an aromatic ring is 1. The van der Waals surface area contributed by atoms with E-state index in [2.05, 4.69) is 27.6 Å². The van der Waals surface area contributed by atoms with Gasteiger partial charge in [0, 0.05) is 46.7 Å². The number of aromatic nitrogens is 3. The molecule has 6 aromatic rings. The largest absolute Gasteiger partial charge is 0.491 e. The van der Waals surface area contributed by atoms with Gasteiger partial charge in [-0.05, 0) is 86.0 Å². The number of carbonyl (C=O) groups is 1. The smallest absolute Gasteiger partial charge is 0.406 e. The minimum atomic E-state index is -4.41. The molecule has 0 spiro atoms. The summed E-state index contributed by atoms with van der Waals surface area (Å²) < 4.78 is 75.8. The van der Waals surface area contributed by atoms with Crippen molar-refractivity contribution in [1.82, 2.24) is 19.6 Å². The van der Waals surface area contributed by atoms with Crippen molar-refractivity contribution >= 4 is 28.2 Å². The van der Waals surface area contributed by atoms with Crippen LogP contribution in [0.5, 0.6) is 11.5 Å². The molecule has 0 saturated heterocycles. The number of hydrogen-bond acceptors (Lipinski definition) is 11. The summed E-state index contributed by atoms with van der Waals surface area (Å²) in [6.07, 6.45) is -2.63. The van der Waals surface area contributed by atoms with Crippen LogP contribution in [-0.2, 0) is 32.1 Å². The number of carbonyl (C=O) groups excluding carboxylic acids is 1. The molecule has 0 radical (unpaired) electrons. The summed E-state index contributed by atoms with van der Waals surface area (Å²) in [5.74, 6) is 7.27. The summed E-state index contributed by atoms with van der Waals surface area (Å²) in [7, 11) is 0. The van der Waals surface area contributed by atoms with Crippen LogP contribution in [0.15, 0.2) is 100 Å². The third kappa shape index (κ3) is 13.9. The molecule has 0 bridgehead atoms. The van der Waals surface area contributed by atoms with Crippen LogP contribution < -0.4 is 31.4 Å². The average molecular weight is 871 g/mol. The quantitative estimate of drug-likeness (QED) is 0.0395. The van der Waals surface area contributed by atoms with Crippen LogP contribution in [0.4, 0.5) is 24.5 Å². The van der Waals surface area contributed by atoms with Gasteiger partial charge in [0.1, 0.15) is 30.4 Å². The van der Waals surface area contributed by atoms with Crippen LogP contribution in [0.1, 0.15) is 22.7 Å². The zero-order valence-corrected chi connectivity index (χ0v) is 35.0. The highest BCUT2D eigenvalue weighted by Gasteiger charge is 2.29. The molecule has 4 N–H and O–H groups in total. The molecule has 63 heavy (non-hydrogen) atoms. The van der Waals surface area contributed by atoms with Crippen molar-refractivity contribution in [1.29, 1.82) is 0 Å². The van der Waals surface area contributed by atoms with E-state index in [0.29, 0.717) is 93.2 Å². The Hall–Kier alpha value is -6.74. The second-order valence-corrected chi connectivity index (χ2v) is 14.2. The highest BCUT2D eigenvalue weighted by Crippen LogP contribution is 2.29. The maximum atomic E-state index is 13.3. The number of pyridine rings is 1. The van der Waals surface area contributed by atoms with Gasteiger partial charge >= 0.3 is 6.18 Å². The fourth-order valence-electron chi connectivity index (χ4n) is 6.56. The molecule has 3 aromatic carbocycles. The number of alkyl halides is 3. The molecular formula is C46H49F3N6O8. The maximum Gasteiger partial charge on any atom is 0.406 e. The first-order valence-electron chi connectivity index (χ1n) is 20.2. The highest BCUT2D eigenvalue weighted by molar-refractivity contribution is 5.92. The van der Waals surface area contributed by atoms with Gasteiger partial charge in [-0.25, -0.2) is 0 Å². The molecule has 0 saturated carbocycles. The topological polar surface area (TPSA) is 166 Å². The van der Waals surface area contributed by atoms with Gasteiger partial charge in [-0.15, -0.1) is 0 Å². The summed E-state index contributed by atoms with van der Waals surface area (Å²) in [6.45, 7) is 5.69. The Morgan fingerprint density at radius 2 is 1.59 bits per heavy atom. The highest BCUT2D eigenvalue weighted by atomic mass is 19.4. The number of nitrogens with zero attached hydrogens (tertiary/aromatic N) is 3. The molecule has 0 unspecified atom stereocenters. The van der Waals surface area contributed by atoms with Crippen LogP contribution in [0.2, 0.25) is 0 Å². The number of benzene rings is 3. The van der Waals surface area contributed by atoms with E-state index in [0.717, 1.165) is 32.6 Å². The summed E-state index contributed by atoms with van der Waals surface area (Å²) in [6, 6.07) is 24.2. The van der Waals surface area contributed by atoms with Crippen molar-refractivity contribution < 1.29 is 46.2 Å². The van der Waals surface area contributed by atoms with Crippen LogP contribution >= 0.6 is 0 Å². The zero-order chi connectivity index (χ0) is 44.6. The number of halogens is 3. The number of fused-ring (bicyclic) bond motifs is 1. The van der Waals surface area contributed by atoms with E-state index in [9.17, 15) is 22.8 Å². The lowest BCUT2D eigenvalue weighted by Gasteiger charge is -2.11. The monoisotopic (exact) mass is 870 g/mol. The van der Waals surface area contributed by atoms with E-state index < -0.39 is 12.7 Å². The minimum absolute atomic E-state index is 0.151. The van der Waals surface area contributed by atoms with Gasteiger partial charge in [0.05, 0.1) is 69.6 Å². The molecule has 1 amide bonds. The third-order valence-electron chi connectivity index (χ3n) is 9.50. The normalized spacial score (nSPS) is 11.3.